The maximum Gasteiger partial charge on any atom is -0.0106 e. The molecular formula is C26H31P. The number of hydrogen-bond acceptors (Lipinski definition) is 0. The van der Waals surface area contributed by atoms with Crippen LogP contribution < -0.4 is 5.30 Å². The van der Waals surface area contributed by atoms with Crippen molar-refractivity contribution in [1.82, 2.24) is 0 Å². The fraction of sp³-hybridized carbons (Fsp3) is 0.308. The molecule has 1 heteroatoms. The van der Waals surface area contributed by atoms with Gasteiger partial charge in [-0.1, -0.05) is 108 Å². The summed E-state index contributed by atoms with van der Waals surface area (Å²) in [5, 5.41) is 1.25. The molecule has 0 bridgehead atoms. The van der Waals surface area contributed by atoms with Gasteiger partial charge < -0.3 is 0 Å². The van der Waals surface area contributed by atoms with Gasteiger partial charge in [0.05, 0.1) is 0 Å². The maximum atomic E-state index is 2.96. The second kappa shape index (κ2) is 7.25. The van der Waals surface area contributed by atoms with Gasteiger partial charge in [-0.25, -0.2) is 0 Å². The summed E-state index contributed by atoms with van der Waals surface area (Å²) >= 11 is 0. The zero-order valence-electron chi connectivity index (χ0n) is 17.4. The second-order valence-corrected chi connectivity index (χ2v) is 10.00. The quantitative estimate of drug-likeness (QED) is 0.419. The van der Waals surface area contributed by atoms with E-state index in [1.165, 1.54) is 38.7 Å². The molecule has 0 aliphatic carbocycles. The Balaban J connectivity index is 1.99. The van der Waals surface area contributed by atoms with E-state index in [2.05, 4.69) is 118 Å². The second-order valence-electron chi connectivity index (χ2n) is 9.42. The number of benzene rings is 3. The standard InChI is InChI=1S/C26H31P/c1-25(2,3)20-14-10-18(11-15-20)22-8-7-9-23(24(22)27)19-12-16-21(17-13-19)26(4,5)6/h7-17H,27H2,1-6H3. The Kier molecular flexibility index (Phi) is 5.33. The fourth-order valence-electron chi connectivity index (χ4n) is 3.37. The summed E-state index contributed by atoms with van der Waals surface area (Å²) in [6.07, 6.45) is 0. The maximum absolute atomic E-state index is 2.96. The molecule has 0 saturated heterocycles. The molecule has 3 rings (SSSR count). The molecule has 0 radical (unpaired) electrons. The molecule has 3 aromatic carbocycles. The van der Waals surface area contributed by atoms with Crippen molar-refractivity contribution < 1.29 is 0 Å². The van der Waals surface area contributed by atoms with Crippen molar-refractivity contribution in [1.29, 1.82) is 0 Å². The van der Waals surface area contributed by atoms with E-state index in [-0.39, 0.29) is 10.8 Å². The number of rotatable bonds is 2. The molecule has 0 fully saturated rings. The Bertz CT molecular complexity index is 842. The largest absolute Gasteiger partial charge is 0.104 e. The lowest BCUT2D eigenvalue weighted by atomic mass is 9.85. The summed E-state index contributed by atoms with van der Waals surface area (Å²) in [5.41, 5.74) is 8.17. The van der Waals surface area contributed by atoms with E-state index in [0.717, 1.165) is 0 Å². The highest BCUT2D eigenvalue weighted by atomic mass is 31.0. The first kappa shape index (κ1) is 19.8. The van der Waals surface area contributed by atoms with Crippen molar-refractivity contribution in [3.63, 3.8) is 0 Å². The summed E-state index contributed by atoms with van der Waals surface area (Å²) < 4.78 is 0. The normalized spacial score (nSPS) is 12.3. The molecule has 0 aliphatic rings. The van der Waals surface area contributed by atoms with Crippen LogP contribution in [-0.2, 0) is 10.8 Å². The van der Waals surface area contributed by atoms with Crippen molar-refractivity contribution in [2.24, 2.45) is 0 Å². The molecule has 0 aromatic heterocycles. The fourth-order valence-corrected chi connectivity index (χ4v) is 3.89. The van der Waals surface area contributed by atoms with Crippen molar-refractivity contribution >= 4 is 14.5 Å². The SMILES string of the molecule is CC(C)(C)c1ccc(-c2cccc(-c3ccc(C(C)(C)C)cc3)c2P)cc1. The van der Waals surface area contributed by atoms with E-state index < -0.39 is 0 Å². The van der Waals surface area contributed by atoms with Crippen LogP contribution in [-0.4, -0.2) is 0 Å². The summed E-state index contributed by atoms with van der Waals surface area (Å²) in [6, 6.07) is 24.6. The molecule has 0 amide bonds. The predicted octanol–water partition coefficient (Wildman–Crippen LogP) is 7.12. The Morgan fingerprint density at radius 1 is 0.519 bits per heavy atom. The summed E-state index contributed by atoms with van der Waals surface area (Å²) in [5.74, 6) is 0. The molecule has 140 valence electrons. The lowest BCUT2D eigenvalue weighted by Crippen LogP contribution is -2.11. The summed E-state index contributed by atoms with van der Waals surface area (Å²) in [4.78, 5) is 0. The molecule has 0 aliphatic heterocycles. The van der Waals surface area contributed by atoms with Crippen molar-refractivity contribution in [3.8, 4) is 22.3 Å². The van der Waals surface area contributed by atoms with Crippen LogP contribution in [0.5, 0.6) is 0 Å². The lowest BCUT2D eigenvalue weighted by molar-refractivity contribution is 0.590. The highest BCUT2D eigenvalue weighted by Gasteiger charge is 2.15. The highest BCUT2D eigenvalue weighted by Crippen LogP contribution is 2.30. The van der Waals surface area contributed by atoms with Crippen LogP contribution in [0.25, 0.3) is 22.3 Å². The monoisotopic (exact) mass is 374 g/mol. The van der Waals surface area contributed by atoms with E-state index in [1.54, 1.807) is 0 Å². The van der Waals surface area contributed by atoms with Gasteiger partial charge in [-0.2, -0.15) is 0 Å². The van der Waals surface area contributed by atoms with Gasteiger partial charge in [0, 0.05) is 0 Å². The Labute approximate surface area is 167 Å². The molecule has 0 saturated carbocycles. The van der Waals surface area contributed by atoms with Gasteiger partial charge in [0.2, 0.25) is 0 Å². The lowest BCUT2D eigenvalue weighted by Gasteiger charge is -2.20. The van der Waals surface area contributed by atoms with Gasteiger partial charge >= 0.3 is 0 Å². The zero-order chi connectivity index (χ0) is 19.8. The summed E-state index contributed by atoms with van der Waals surface area (Å²) in [6.45, 7) is 13.5. The van der Waals surface area contributed by atoms with E-state index >= 15 is 0 Å². The van der Waals surface area contributed by atoms with Crippen LogP contribution >= 0.6 is 9.24 Å². The molecule has 0 N–H and O–H groups in total. The van der Waals surface area contributed by atoms with Crippen molar-refractivity contribution in [3.05, 3.63) is 77.9 Å². The van der Waals surface area contributed by atoms with Crippen LogP contribution in [0, 0.1) is 0 Å². The average molecular weight is 375 g/mol. The van der Waals surface area contributed by atoms with Crippen LogP contribution in [0.1, 0.15) is 52.7 Å². The summed E-state index contributed by atoms with van der Waals surface area (Å²) in [7, 11) is 2.96. The van der Waals surface area contributed by atoms with Gasteiger partial charge in [0.25, 0.3) is 0 Å². The minimum Gasteiger partial charge on any atom is -0.104 e. The minimum absolute atomic E-state index is 0.180. The van der Waals surface area contributed by atoms with Gasteiger partial charge in [-0.05, 0) is 49.5 Å². The van der Waals surface area contributed by atoms with Crippen LogP contribution in [0.4, 0.5) is 0 Å². The highest BCUT2D eigenvalue weighted by molar-refractivity contribution is 7.28. The van der Waals surface area contributed by atoms with E-state index in [1.807, 2.05) is 0 Å². The van der Waals surface area contributed by atoms with E-state index in [4.69, 9.17) is 0 Å². The molecular weight excluding hydrogens is 343 g/mol. The third-order valence-electron chi connectivity index (χ3n) is 5.23. The smallest absolute Gasteiger partial charge is 0.0106 e. The van der Waals surface area contributed by atoms with E-state index in [9.17, 15) is 0 Å². The van der Waals surface area contributed by atoms with E-state index in [0.29, 0.717) is 0 Å². The molecule has 27 heavy (non-hydrogen) atoms. The van der Waals surface area contributed by atoms with Gasteiger partial charge in [-0.3, -0.25) is 0 Å². The molecule has 0 nitrogen and oxygen atoms in total. The van der Waals surface area contributed by atoms with Gasteiger partial charge in [-0.15, -0.1) is 9.24 Å². The Hall–Kier alpha value is -1.91. The van der Waals surface area contributed by atoms with Crippen LogP contribution in [0.15, 0.2) is 66.7 Å². The average Bonchev–Trinajstić information content (AvgIpc) is 2.61. The van der Waals surface area contributed by atoms with Gasteiger partial charge in [0.15, 0.2) is 0 Å². The molecule has 3 aromatic rings. The first-order chi connectivity index (χ1) is 12.6. The molecule has 1 atom stereocenters. The first-order valence-corrected chi connectivity index (χ1v) is 10.3. The molecule has 0 heterocycles. The Morgan fingerprint density at radius 3 is 1.15 bits per heavy atom. The molecule has 1 unspecified atom stereocenters. The minimum atomic E-state index is 0.180. The third-order valence-corrected chi connectivity index (χ3v) is 5.85. The van der Waals surface area contributed by atoms with Crippen molar-refractivity contribution in [2.45, 2.75) is 52.4 Å². The molecule has 0 spiro atoms. The number of hydrogen-bond donors (Lipinski definition) is 0. The van der Waals surface area contributed by atoms with Crippen molar-refractivity contribution in [2.75, 3.05) is 0 Å². The first-order valence-electron chi connectivity index (χ1n) is 9.68. The van der Waals surface area contributed by atoms with Crippen LogP contribution in [0.3, 0.4) is 0 Å². The van der Waals surface area contributed by atoms with Crippen LogP contribution in [0.2, 0.25) is 0 Å². The predicted molar refractivity (Wildman–Crippen MR) is 124 cm³/mol. The topological polar surface area (TPSA) is 0 Å². The van der Waals surface area contributed by atoms with Gasteiger partial charge in [0.1, 0.15) is 0 Å². The third kappa shape index (κ3) is 4.33. The Morgan fingerprint density at radius 2 is 0.852 bits per heavy atom. The zero-order valence-corrected chi connectivity index (χ0v) is 18.6.